The Balaban J connectivity index is 1.41. The van der Waals surface area contributed by atoms with Crippen molar-refractivity contribution in [3.05, 3.63) is 96.3 Å². The number of carbonyl (C=O) groups is 2. The van der Waals surface area contributed by atoms with Gasteiger partial charge in [0.2, 0.25) is 10.0 Å². The molecule has 0 radical (unpaired) electrons. The first kappa shape index (κ1) is 31.9. The van der Waals surface area contributed by atoms with Crippen molar-refractivity contribution in [1.29, 1.82) is 0 Å². The molecule has 1 heterocycles. The number of anilines is 2. The van der Waals surface area contributed by atoms with E-state index in [1.807, 2.05) is 43.3 Å². The summed E-state index contributed by atoms with van der Waals surface area (Å²) >= 11 is 0. The maximum absolute atomic E-state index is 13.8. The lowest BCUT2D eigenvalue weighted by Crippen LogP contribution is -2.50. The molecule has 0 saturated heterocycles. The first-order valence-corrected chi connectivity index (χ1v) is 15.9. The largest absolute Gasteiger partial charge is 0.488 e. The molecule has 3 N–H and O–H groups in total. The number of nitrogens with zero attached hydrogens (tertiary/aromatic N) is 2. The summed E-state index contributed by atoms with van der Waals surface area (Å²) in [6.07, 6.45) is -0.695. The standard InChI is InChI=1S/C33H35FN4O6S/c1-21-18-38(22(2)20-39)32(40)28-17-25(35-33(41)36-29-10-6-8-23-7-4-5-9-27(23)29)13-16-30(28)44-31(21)19-37(3)45(42,43)26-14-11-24(34)12-15-26/h4-17,21-22,31,39H,18-20H2,1-3H3,(H2,35,36,41)/t21-,22+,31-/m1/s1. The minimum Gasteiger partial charge on any atom is -0.488 e. The van der Waals surface area contributed by atoms with Gasteiger partial charge in [0.1, 0.15) is 17.7 Å². The van der Waals surface area contributed by atoms with Crippen LogP contribution in [-0.2, 0) is 10.0 Å². The third-order valence-electron chi connectivity index (χ3n) is 7.92. The predicted octanol–water partition coefficient (Wildman–Crippen LogP) is 5.16. The van der Waals surface area contributed by atoms with Gasteiger partial charge in [-0.3, -0.25) is 4.79 Å². The quantitative estimate of drug-likeness (QED) is 0.246. The predicted molar refractivity (Wildman–Crippen MR) is 170 cm³/mol. The molecule has 12 heteroatoms. The van der Waals surface area contributed by atoms with Crippen LogP contribution in [0.1, 0.15) is 24.2 Å². The second kappa shape index (κ2) is 13.2. The Morgan fingerprint density at radius 2 is 1.78 bits per heavy atom. The molecule has 0 aliphatic carbocycles. The molecule has 0 saturated carbocycles. The number of carbonyl (C=O) groups excluding carboxylic acids is 2. The number of ether oxygens (including phenoxy) is 1. The normalized spacial score (nSPS) is 17.6. The van der Waals surface area contributed by atoms with Gasteiger partial charge in [0.25, 0.3) is 5.91 Å². The third-order valence-corrected chi connectivity index (χ3v) is 9.76. The fourth-order valence-corrected chi connectivity index (χ4v) is 6.46. The lowest BCUT2D eigenvalue weighted by Gasteiger charge is -2.38. The van der Waals surface area contributed by atoms with Crippen LogP contribution in [0, 0.1) is 11.7 Å². The molecule has 1 aliphatic rings. The lowest BCUT2D eigenvalue weighted by atomic mass is 9.99. The Bertz CT molecular complexity index is 1810. The molecular weight excluding hydrogens is 599 g/mol. The topological polar surface area (TPSA) is 128 Å². The summed E-state index contributed by atoms with van der Waals surface area (Å²) in [5, 5.41) is 17.4. The van der Waals surface area contributed by atoms with Crippen molar-refractivity contribution < 1.29 is 32.2 Å². The van der Waals surface area contributed by atoms with Gasteiger partial charge in [0.15, 0.2) is 0 Å². The lowest BCUT2D eigenvalue weighted by molar-refractivity contribution is 0.0387. The summed E-state index contributed by atoms with van der Waals surface area (Å²) in [5.41, 5.74) is 1.11. The first-order valence-electron chi connectivity index (χ1n) is 14.5. The zero-order chi connectivity index (χ0) is 32.3. The maximum Gasteiger partial charge on any atom is 0.323 e. The summed E-state index contributed by atoms with van der Waals surface area (Å²) < 4.78 is 47.4. The van der Waals surface area contributed by atoms with Crippen molar-refractivity contribution in [2.45, 2.75) is 30.9 Å². The van der Waals surface area contributed by atoms with Gasteiger partial charge in [-0.15, -0.1) is 0 Å². The van der Waals surface area contributed by atoms with Crippen molar-refractivity contribution >= 4 is 44.1 Å². The molecule has 0 fully saturated rings. The van der Waals surface area contributed by atoms with Crippen molar-refractivity contribution in [2.24, 2.45) is 5.92 Å². The third kappa shape index (κ3) is 6.93. The number of fused-ring (bicyclic) bond motifs is 2. The Morgan fingerprint density at radius 3 is 2.51 bits per heavy atom. The summed E-state index contributed by atoms with van der Waals surface area (Å²) in [6, 6.07) is 21.4. The van der Waals surface area contributed by atoms with Crippen molar-refractivity contribution in [3.63, 3.8) is 0 Å². The number of hydrogen-bond acceptors (Lipinski definition) is 6. The van der Waals surface area contributed by atoms with Crippen LogP contribution < -0.4 is 15.4 Å². The summed E-state index contributed by atoms with van der Waals surface area (Å²) in [4.78, 5) is 28.2. The molecule has 4 aromatic carbocycles. The second-order valence-electron chi connectivity index (χ2n) is 11.2. The van der Waals surface area contributed by atoms with Gasteiger partial charge in [0, 0.05) is 30.6 Å². The minimum absolute atomic E-state index is 0.0616. The van der Waals surface area contributed by atoms with E-state index >= 15 is 0 Å². The number of likely N-dealkylation sites (N-methyl/N-ethyl adjacent to an activating group) is 1. The molecule has 0 bridgehead atoms. The van der Waals surface area contributed by atoms with Crippen LogP contribution in [0.5, 0.6) is 5.75 Å². The molecule has 3 amide bonds. The number of nitrogens with one attached hydrogen (secondary N) is 2. The Hall–Kier alpha value is -4.52. The number of halogens is 1. The Labute approximate surface area is 261 Å². The van der Waals surface area contributed by atoms with Gasteiger partial charge in [-0.05, 0) is 60.8 Å². The van der Waals surface area contributed by atoms with Gasteiger partial charge in [-0.1, -0.05) is 43.3 Å². The summed E-state index contributed by atoms with van der Waals surface area (Å²) in [6.45, 7) is 3.37. The highest BCUT2D eigenvalue weighted by molar-refractivity contribution is 7.89. The van der Waals surface area contributed by atoms with Crippen LogP contribution in [-0.4, -0.2) is 73.6 Å². The molecule has 0 aromatic heterocycles. The zero-order valence-corrected chi connectivity index (χ0v) is 25.9. The second-order valence-corrected chi connectivity index (χ2v) is 13.2. The number of aliphatic hydroxyl groups is 1. The minimum atomic E-state index is -3.97. The van der Waals surface area contributed by atoms with Gasteiger partial charge < -0.3 is 25.4 Å². The van der Waals surface area contributed by atoms with E-state index in [9.17, 15) is 27.5 Å². The highest BCUT2D eigenvalue weighted by Crippen LogP contribution is 2.31. The van der Waals surface area contributed by atoms with Crippen LogP contribution in [0.4, 0.5) is 20.6 Å². The van der Waals surface area contributed by atoms with Crippen LogP contribution in [0.2, 0.25) is 0 Å². The highest BCUT2D eigenvalue weighted by Gasteiger charge is 2.35. The molecule has 5 rings (SSSR count). The average molecular weight is 635 g/mol. The first-order chi connectivity index (χ1) is 21.5. The molecule has 45 heavy (non-hydrogen) atoms. The molecule has 236 valence electrons. The number of aliphatic hydroxyl groups excluding tert-OH is 1. The molecule has 3 atom stereocenters. The van der Waals surface area contributed by atoms with E-state index in [0.29, 0.717) is 11.4 Å². The monoisotopic (exact) mass is 634 g/mol. The summed E-state index contributed by atoms with van der Waals surface area (Å²) in [7, 11) is -2.56. The van der Waals surface area contributed by atoms with E-state index in [0.717, 1.165) is 27.2 Å². The van der Waals surface area contributed by atoms with E-state index in [1.54, 1.807) is 25.1 Å². The number of amides is 3. The molecular formula is C33H35FN4O6S. The Morgan fingerprint density at radius 1 is 1.07 bits per heavy atom. The maximum atomic E-state index is 13.8. The number of benzene rings is 4. The summed E-state index contributed by atoms with van der Waals surface area (Å²) in [5.74, 6) is -1.08. The van der Waals surface area contributed by atoms with Gasteiger partial charge in [-0.2, -0.15) is 4.31 Å². The number of rotatable bonds is 8. The van der Waals surface area contributed by atoms with E-state index in [4.69, 9.17) is 4.74 Å². The molecule has 0 unspecified atom stereocenters. The molecule has 4 aromatic rings. The highest BCUT2D eigenvalue weighted by atomic mass is 32.2. The Kier molecular flexibility index (Phi) is 9.37. The fourth-order valence-electron chi connectivity index (χ4n) is 5.28. The smallest absolute Gasteiger partial charge is 0.323 e. The van der Waals surface area contributed by atoms with E-state index in [1.165, 1.54) is 30.1 Å². The van der Waals surface area contributed by atoms with Crippen molar-refractivity contribution in [1.82, 2.24) is 9.21 Å². The number of urea groups is 1. The zero-order valence-electron chi connectivity index (χ0n) is 25.1. The van der Waals surface area contributed by atoms with E-state index in [2.05, 4.69) is 10.6 Å². The van der Waals surface area contributed by atoms with Crippen molar-refractivity contribution in [2.75, 3.05) is 37.4 Å². The van der Waals surface area contributed by atoms with Gasteiger partial charge in [0.05, 0.1) is 35.3 Å². The number of sulfonamides is 1. The molecule has 10 nitrogen and oxygen atoms in total. The average Bonchev–Trinajstić information content (AvgIpc) is 3.03. The number of hydrogen-bond donors (Lipinski definition) is 3. The fraction of sp³-hybridized carbons (Fsp3) is 0.273. The van der Waals surface area contributed by atoms with E-state index in [-0.39, 0.29) is 41.8 Å². The SMILES string of the molecule is C[C@@H]1CN([C@@H](C)CO)C(=O)c2cc(NC(=O)Nc3cccc4ccccc34)ccc2O[C@@H]1CN(C)S(=O)(=O)c1ccc(F)cc1. The van der Waals surface area contributed by atoms with Crippen LogP contribution in [0.25, 0.3) is 10.8 Å². The molecule has 1 aliphatic heterocycles. The molecule has 0 spiro atoms. The van der Waals surface area contributed by atoms with Crippen LogP contribution >= 0.6 is 0 Å². The van der Waals surface area contributed by atoms with Crippen LogP contribution in [0.3, 0.4) is 0 Å². The van der Waals surface area contributed by atoms with Crippen molar-refractivity contribution in [3.8, 4) is 5.75 Å². The van der Waals surface area contributed by atoms with E-state index < -0.39 is 39.9 Å². The van der Waals surface area contributed by atoms with Gasteiger partial charge >= 0.3 is 6.03 Å². The van der Waals surface area contributed by atoms with Crippen LogP contribution in [0.15, 0.2) is 89.8 Å². The van der Waals surface area contributed by atoms with Gasteiger partial charge in [-0.25, -0.2) is 17.6 Å².